The number of benzene rings is 1. The van der Waals surface area contributed by atoms with Crippen molar-refractivity contribution in [1.82, 2.24) is 5.32 Å². The van der Waals surface area contributed by atoms with Crippen LogP contribution in [0.15, 0.2) is 23.1 Å². The summed E-state index contributed by atoms with van der Waals surface area (Å²) in [6.07, 6.45) is 0. The fraction of sp³-hybridized carbons (Fsp3) is 0.500. The number of likely N-dealkylation sites (N-methyl/N-ethyl adjacent to an activating group) is 2. The van der Waals surface area contributed by atoms with Crippen LogP contribution in [0.2, 0.25) is 0 Å². The summed E-state index contributed by atoms with van der Waals surface area (Å²) in [6, 6.07) is 6.85. The molecule has 1 atom stereocenters. The summed E-state index contributed by atoms with van der Waals surface area (Å²) < 4.78 is 5.25. The normalized spacial score (nSPS) is 19.4. The average Bonchev–Trinajstić information content (AvgIpc) is 2.32. The van der Waals surface area contributed by atoms with Crippen LogP contribution >= 0.6 is 11.8 Å². The first-order valence-corrected chi connectivity index (χ1v) is 6.43. The van der Waals surface area contributed by atoms with Crippen molar-refractivity contribution in [1.29, 1.82) is 0 Å². The van der Waals surface area contributed by atoms with Crippen molar-refractivity contribution in [3.63, 3.8) is 0 Å². The van der Waals surface area contributed by atoms with Crippen molar-refractivity contribution in [3.05, 3.63) is 18.2 Å². The van der Waals surface area contributed by atoms with Crippen molar-refractivity contribution < 1.29 is 4.74 Å². The fourth-order valence-corrected chi connectivity index (χ4v) is 3.23. The minimum Gasteiger partial charge on any atom is -0.497 e. The van der Waals surface area contributed by atoms with Gasteiger partial charge in [0.15, 0.2) is 0 Å². The lowest BCUT2D eigenvalue weighted by molar-refractivity contribution is 0.413. The van der Waals surface area contributed by atoms with E-state index in [2.05, 4.69) is 29.4 Å². The van der Waals surface area contributed by atoms with Crippen LogP contribution in [0.4, 0.5) is 5.69 Å². The van der Waals surface area contributed by atoms with E-state index in [1.54, 1.807) is 7.11 Å². The Hall–Kier alpha value is -0.870. The first-order valence-electron chi connectivity index (χ1n) is 5.44. The van der Waals surface area contributed by atoms with Gasteiger partial charge in [-0.25, -0.2) is 0 Å². The number of hydrogen-bond acceptors (Lipinski definition) is 4. The highest BCUT2D eigenvalue weighted by Crippen LogP contribution is 2.38. The highest BCUT2D eigenvalue weighted by Gasteiger charge is 2.23. The van der Waals surface area contributed by atoms with E-state index >= 15 is 0 Å². The molecule has 2 rings (SSSR count). The van der Waals surface area contributed by atoms with E-state index in [1.807, 2.05) is 24.9 Å². The smallest absolute Gasteiger partial charge is 0.120 e. The quantitative estimate of drug-likeness (QED) is 0.868. The van der Waals surface area contributed by atoms with Crippen molar-refractivity contribution >= 4 is 17.4 Å². The molecule has 1 aromatic rings. The molecule has 3 nitrogen and oxygen atoms in total. The molecular weight excluding hydrogens is 220 g/mol. The van der Waals surface area contributed by atoms with E-state index in [1.165, 1.54) is 10.6 Å². The first-order chi connectivity index (χ1) is 7.76. The Bertz CT molecular complexity index is 370. The highest BCUT2D eigenvalue weighted by molar-refractivity contribution is 7.99. The molecular formula is C12H18N2OS. The summed E-state index contributed by atoms with van der Waals surface area (Å²) in [4.78, 5) is 3.66. The zero-order valence-corrected chi connectivity index (χ0v) is 10.8. The van der Waals surface area contributed by atoms with Gasteiger partial charge < -0.3 is 15.0 Å². The number of thioether (sulfide) groups is 1. The van der Waals surface area contributed by atoms with Crippen LogP contribution in [0.5, 0.6) is 5.75 Å². The molecule has 0 spiro atoms. The third-order valence-corrected chi connectivity index (χ3v) is 4.16. The number of fused-ring (bicyclic) bond motifs is 1. The van der Waals surface area contributed by atoms with E-state index in [-0.39, 0.29) is 0 Å². The summed E-state index contributed by atoms with van der Waals surface area (Å²) in [6.45, 7) is 1.02. The predicted octanol–water partition coefficient (Wildman–Crippen LogP) is 1.83. The number of anilines is 1. The molecule has 1 heterocycles. The van der Waals surface area contributed by atoms with E-state index in [0.717, 1.165) is 18.0 Å². The summed E-state index contributed by atoms with van der Waals surface area (Å²) in [7, 11) is 5.87. The van der Waals surface area contributed by atoms with Crippen molar-refractivity contribution in [2.45, 2.75) is 10.9 Å². The first kappa shape index (κ1) is 11.6. The van der Waals surface area contributed by atoms with Gasteiger partial charge in [-0.3, -0.25) is 0 Å². The van der Waals surface area contributed by atoms with E-state index in [9.17, 15) is 0 Å². The summed E-state index contributed by atoms with van der Waals surface area (Å²) in [5.74, 6) is 2.06. The predicted molar refractivity (Wildman–Crippen MR) is 69.8 cm³/mol. The Morgan fingerprint density at radius 2 is 2.38 bits per heavy atom. The molecule has 0 amide bonds. The Kier molecular flexibility index (Phi) is 3.61. The van der Waals surface area contributed by atoms with Gasteiger partial charge >= 0.3 is 0 Å². The standard InChI is InChI=1S/C12H18N2OS/c1-13-7-9-8-16-12-6-10(15-3)4-5-11(12)14(9)2/h4-6,9,13H,7-8H2,1-3H3. The SMILES string of the molecule is CNCC1CSc2cc(OC)ccc2N1C. The van der Waals surface area contributed by atoms with Crippen LogP contribution in [0.25, 0.3) is 0 Å². The molecule has 16 heavy (non-hydrogen) atoms. The van der Waals surface area contributed by atoms with Gasteiger partial charge in [-0.15, -0.1) is 11.8 Å². The number of nitrogens with one attached hydrogen (secondary N) is 1. The molecule has 0 bridgehead atoms. The van der Waals surface area contributed by atoms with Crippen LogP contribution < -0.4 is 15.0 Å². The second-order valence-electron chi connectivity index (χ2n) is 3.97. The third kappa shape index (κ3) is 2.13. The zero-order chi connectivity index (χ0) is 11.5. The maximum atomic E-state index is 5.25. The molecule has 1 aliphatic rings. The summed E-state index contributed by atoms with van der Waals surface area (Å²) >= 11 is 1.91. The second-order valence-corrected chi connectivity index (χ2v) is 5.03. The number of methoxy groups -OCH3 is 1. The maximum Gasteiger partial charge on any atom is 0.120 e. The molecule has 0 aromatic heterocycles. The Labute approximate surface area is 101 Å². The number of rotatable bonds is 3. The van der Waals surface area contributed by atoms with Gasteiger partial charge in [0.1, 0.15) is 5.75 Å². The topological polar surface area (TPSA) is 24.5 Å². The molecule has 0 saturated carbocycles. The largest absolute Gasteiger partial charge is 0.497 e. The molecule has 0 radical (unpaired) electrons. The van der Waals surface area contributed by atoms with Gasteiger partial charge in [-0.2, -0.15) is 0 Å². The van der Waals surface area contributed by atoms with Crippen LogP contribution in [0, 0.1) is 0 Å². The fourth-order valence-electron chi connectivity index (χ4n) is 1.95. The molecule has 1 aliphatic heterocycles. The minimum absolute atomic E-state index is 0.566. The lowest BCUT2D eigenvalue weighted by Crippen LogP contribution is -2.43. The lowest BCUT2D eigenvalue weighted by Gasteiger charge is -2.35. The van der Waals surface area contributed by atoms with Crippen LogP contribution in [0.3, 0.4) is 0 Å². The lowest BCUT2D eigenvalue weighted by atomic mass is 10.2. The number of hydrogen-bond donors (Lipinski definition) is 1. The van der Waals surface area contributed by atoms with E-state index in [4.69, 9.17) is 4.74 Å². The van der Waals surface area contributed by atoms with Crippen molar-refractivity contribution in [3.8, 4) is 5.75 Å². The number of ether oxygens (including phenoxy) is 1. The van der Waals surface area contributed by atoms with Gasteiger partial charge in [0.25, 0.3) is 0 Å². The molecule has 0 aliphatic carbocycles. The zero-order valence-electron chi connectivity index (χ0n) is 9.99. The van der Waals surface area contributed by atoms with Gasteiger partial charge in [-0.1, -0.05) is 0 Å². The number of nitrogens with zero attached hydrogens (tertiary/aromatic N) is 1. The molecule has 1 unspecified atom stereocenters. The second kappa shape index (κ2) is 4.97. The molecule has 0 saturated heterocycles. The van der Waals surface area contributed by atoms with Crippen LogP contribution in [-0.2, 0) is 0 Å². The third-order valence-electron chi connectivity index (χ3n) is 2.97. The van der Waals surface area contributed by atoms with E-state index in [0.29, 0.717) is 6.04 Å². The monoisotopic (exact) mass is 238 g/mol. The van der Waals surface area contributed by atoms with Crippen LogP contribution in [0.1, 0.15) is 0 Å². The van der Waals surface area contributed by atoms with Gasteiger partial charge in [0.05, 0.1) is 18.8 Å². The molecule has 1 N–H and O–H groups in total. The van der Waals surface area contributed by atoms with Gasteiger partial charge in [-0.05, 0) is 25.2 Å². The minimum atomic E-state index is 0.566. The molecule has 1 aromatic carbocycles. The Morgan fingerprint density at radius 1 is 1.56 bits per heavy atom. The Morgan fingerprint density at radius 3 is 3.06 bits per heavy atom. The molecule has 4 heteroatoms. The van der Waals surface area contributed by atoms with Crippen molar-refractivity contribution in [2.24, 2.45) is 0 Å². The van der Waals surface area contributed by atoms with E-state index < -0.39 is 0 Å². The average molecular weight is 238 g/mol. The van der Waals surface area contributed by atoms with Crippen molar-refractivity contribution in [2.75, 3.05) is 38.4 Å². The highest BCUT2D eigenvalue weighted by atomic mass is 32.2. The molecule has 0 fully saturated rings. The maximum absolute atomic E-state index is 5.25. The summed E-state index contributed by atoms with van der Waals surface area (Å²) in [5, 5.41) is 3.24. The summed E-state index contributed by atoms with van der Waals surface area (Å²) in [5.41, 5.74) is 1.30. The van der Waals surface area contributed by atoms with Gasteiger partial charge in [0, 0.05) is 24.2 Å². The Balaban J connectivity index is 2.24. The van der Waals surface area contributed by atoms with Crippen LogP contribution in [-0.4, -0.2) is 39.5 Å². The molecule has 88 valence electrons. The van der Waals surface area contributed by atoms with Gasteiger partial charge in [0.2, 0.25) is 0 Å².